The first-order valence-electron chi connectivity index (χ1n) is 4.75. The van der Waals surface area contributed by atoms with Crippen LogP contribution < -0.4 is 0 Å². The molecule has 0 amide bonds. The molecule has 0 bridgehead atoms. The molecule has 1 fully saturated rings. The fraction of sp³-hybridized carbons (Fsp3) is 1.00. The third kappa shape index (κ3) is 2.37. The van der Waals surface area contributed by atoms with Crippen molar-refractivity contribution in [2.45, 2.75) is 45.4 Å². The maximum absolute atomic E-state index is 6.21. The zero-order valence-electron chi connectivity index (χ0n) is 7.81. The smallest absolute Gasteiger partial charge is 0.0364 e. The first kappa shape index (κ1) is 9.38. The molecule has 3 atom stereocenters. The highest BCUT2D eigenvalue weighted by molar-refractivity contribution is 6.20. The number of hydrogen-bond donors (Lipinski definition) is 0. The molecule has 0 heterocycles. The maximum atomic E-state index is 6.21. The van der Waals surface area contributed by atoms with E-state index < -0.39 is 0 Å². The molecule has 0 aromatic carbocycles. The Morgan fingerprint density at radius 2 is 1.91 bits per heavy atom. The molecule has 1 aliphatic rings. The summed E-state index contributed by atoms with van der Waals surface area (Å²) in [6.45, 7) is 6.89. The molecule has 11 heavy (non-hydrogen) atoms. The van der Waals surface area contributed by atoms with Gasteiger partial charge in [-0.3, -0.25) is 0 Å². The largest absolute Gasteiger partial charge is 0.123 e. The normalized spacial score (nSPS) is 39.5. The van der Waals surface area contributed by atoms with Crippen molar-refractivity contribution in [1.29, 1.82) is 0 Å². The minimum Gasteiger partial charge on any atom is -0.123 e. The van der Waals surface area contributed by atoms with Gasteiger partial charge in [0.15, 0.2) is 0 Å². The van der Waals surface area contributed by atoms with Gasteiger partial charge in [-0.1, -0.05) is 20.8 Å². The van der Waals surface area contributed by atoms with Crippen molar-refractivity contribution in [1.82, 2.24) is 0 Å². The summed E-state index contributed by atoms with van der Waals surface area (Å²) in [6, 6.07) is 0. The van der Waals surface area contributed by atoms with Crippen LogP contribution in [0.2, 0.25) is 0 Å². The van der Waals surface area contributed by atoms with E-state index in [9.17, 15) is 0 Å². The van der Waals surface area contributed by atoms with Crippen LogP contribution in [0.5, 0.6) is 0 Å². The van der Waals surface area contributed by atoms with E-state index in [1.54, 1.807) is 0 Å². The highest BCUT2D eigenvalue weighted by Crippen LogP contribution is 2.35. The highest BCUT2D eigenvalue weighted by Gasteiger charge is 2.27. The molecule has 0 aromatic heterocycles. The van der Waals surface area contributed by atoms with Gasteiger partial charge in [0.05, 0.1) is 0 Å². The van der Waals surface area contributed by atoms with Crippen LogP contribution in [-0.2, 0) is 0 Å². The Morgan fingerprint density at radius 1 is 1.27 bits per heavy atom. The zero-order valence-corrected chi connectivity index (χ0v) is 8.56. The lowest BCUT2D eigenvalue weighted by molar-refractivity contribution is 0.239. The molecule has 0 unspecified atom stereocenters. The Kier molecular flexibility index (Phi) is 3.24. The topological polar surface area (TPSA) is 0 Å². The van der Waals surface area contributed by atoms with Gasteiger partial charge >= 0.3 is 0 Å². The van der Waals surface area contributed by atoms with Crippen LogP contribution in [0.1, 0.15) is 40.0 Å². The first-order chi connectivity index (χ1) is 5.11. The van der Waals surface area contributed by atoms with Crippen molar-refractivity contribution >= 4 is 11.6 Å². The molecule has 1 rings (SSSR count). The lowest BCUT2D eigenvalue weighted by Crippen LogP contribution is -2.26. The van der Waals surface area contributed by atoms with E-state index in [-0.39, 0.29) is 0 Å². The van der Waals surface area contributed by atoms with Crippen LogP contribution in [0.4, 0.5) is 0 Å². The number of alkyl halides is 1. The van der Waals surface area contributed by atoms with Crippen LogP contribution in [0, 0.1) is 17.8 Å². The van der Waals surface area contributed by atoms with Gasteiger partial charge < -0.3 is 0 Å². The summed E-state index contributed by atoms with van der Waals surface area (Å²) in [4.78, 5) is 0. The van der Waals surface area contributed by atoms with E-state index in [1.807, 2.05) is 0 Å². The van der Waals surface area contributed by atoms with E-state index in [0.717, 1.165) is 17.8 Å². The lowest BCUT2D eigenvalue weighted by atomic mass is 9.77. The van der Waals surface area contributed by atoms with E-state index in [0.29, 0.717) is 5.38 Å². The molecule has 0 saturated heterocycles. The average Bonchev–Trinajstić information content (AvgIpc) is 1.94. The molecule has 0 radical (unpaired) electrons. The van der Waals surface area contributed by atoms with E-state index >= 15 is 0 Å². The Balaban J connectivity index is 2.40. The highest BCUT2D eigenvalue weighted by atomic mass is 35.5. The monoisotopic (exact) mass is 174 g/mol. The first-order valence-corrected chi connectivity index (χ1v) is 5.19. The molecule has 0 spiro atoms. The number of rotatable bonds is 1. The van der Waals surface area contributed by atoms with E-state index in [4.69, 9.17) is 11.6 Å². The predicted octanol–water partition coefficient (Wildman–Crippen LogP) is 3.69. The Morgan fingerprint density at radius 3 is 2.36 bits per heavy atom. The summed E-state index contributed by atoms with van der Waals surface area (Å²) in [5.74, 6) is 2.45. The third-order valence-electron chi connectivity index (χ3n) is 3.08. The van der Waals surface area contributed by atoms with E-state index in [2.05, 4.69) is 20.8 Å². The van der Waals surface area contributed by atoms with Gasteiger partial charge in [-0.15, -0.1) is 11.6 Å². The lowest BCUT2D eigenvalue weighted by Gasteiger charge is -2.32. The predicted molar refractivity (Wildman–Crippen MR) is 51.0 cm³/mol. The van der Waals surface area contributed by atoms with Gasteiger partial charge in [0.25, 0.3) is 0 Å². The number of hydrogen-bond acceptors (Lipinski definition) is 0. The second-order valence-electron chi connectivity index (χ2n) is 4.31. The van der Waals surface area contributed by atoms with Crippen molar-refractivity contribution in [3.8, 4) is 0 Å². The van der Waals surface area contributed by atoms with Crippen LogP contribution in [0.25, 0.3) is 0 Å². The molecule has 66 valence electrons. The van der Waals surface area contributed by atoms with Gasteiger partial charge in [0, 0.05) is 5.38 Å². The molecule has 1 saturated carbocycles. The molecule has 0 nitrogen and oxygen atoms in total. The summed E-state index contributed by atoms with van der Waals surface area (Å²) < 4.78 is 0. The Hall–Kier alpha value is 0.290. The van der Waals surface area contributed by atoms with Crippen LogP contribution in [0.3, 0.4) is 0 Å². The van der Waals surface area contributed by atoms with Crippen molar-refractivity contribution in [3.63, 3.8) is 0 Å². The molecule has 1 aliphatic carbocycles. The zero-order chi connectivity index (χ0) is 8.43. The second kappa shape index (κ2) is 3.80. The van der Waals surface area contributed by atoms with E-state index in [1.165, 1.54) is 19.3 Å². The minimum absolute atomic E-state index is 0.441. The molecular weight excluding hydrogens is 156 g/mol. The number of halogens is 1. The molecular formula is C10H19Cl. The second-order valence-corrected chi connectivity index (χ2v) is 4.87. The van der Waals surface area contributed by atoms with Crippen molar-refractivity contribution in [2.75, 3.05) is 0 Å². The molecule has 0 N–H and O–H groups in total. The SMILES string of the molecule is CC(C)[C@H]1CC[C@H](C)[C@H](Cl)C1. The quantitative estimate of drug-likeness (QED) is 0.532. The van der Waals surface area contributed by atoms with Crippen LogP contribution >= 0.6 is 11.6 Å². The standard InChI is InChI=1S/C10H19Cl/c1-7(2)9-5-4-8(3)10(11)6-9/h7-10H,4-6H2,1-3H3/t8-,9-,10+/m0/s1. The third-order valence-corrected chi connectivity index (χ3v) is 3.69. The molecule has 0 aromatic rings. The van der Waals surface area contributed by atoms with Crippen LogP contribution in [0.15, 0.2) is 0 Å². The summed E-state index contributed by atoms with van der Waals surface area (Å²) in [5, 5.41) is 0.441. The summed E-state index contributed by atoms with van der Waals surface area (Å²) in [6.07, 6.45) is 3.96. The molecule has 1 heteroatoms. The fourth-order valence-electron chi connectivity index (χ4n) is 1.90. The summed E-state index contributed by atoms with van der Waals surface area (Å²) in [7, 11) is 0. The van der Waals surface area contributed by atoms with Gasteiger partial charge in [-0.05, 0) is 37.0 Å². The van der Waals surface area contributed by atoms with Crippen molar-refractivity contribution in [3.05, 3.63) is 0 Å². The molecule has 0 aliphatic heterocycles. The summed E-state index contributed by atoms with van der Waals surface area (Å²) >= 11 is 6.21. The van der Waals surface area contributed by atoms with Gasteiger partial charge in [-0.2, -0.15) is 0 Å². The van der Waals surface area contributed by atoms with Crippen molar-refractivity contribution in [2.24, 2.45) is 17.8 Å². The van der Waals surface area contributed by atoms with Gasteiger partial charge in [-0.25, -0.2) is 0 Å². The van der Waals surface area contributed by atoms with Gasteiger partial charge in [0.1, 0.15) is 0 Å². The van der Waals surface area contributed by atoms with Crippen LogP contribution in [-0.4, -0.2) is 5.38 Å². The van der Waals surface area contributed by atoms with Crippen molar-refractivity contribution < 1.29 is 0 Å². The van der Waals surface area contributed by atoms with Gasteiger partial charge in [0.2, 0.25) is 0 Å². The Labute approximate surface area is 75.3 Å². The summed E-state index contributed by atoms with van der Waals surface area (Å²) in [5.41, 5.74) is 0. The minimum atomic E-state index is 0.441. The maximum Gasteiger partial charge on any atom is 0.0364 e. The fourth-order valence-corrected chi connectivity index (χ4v) is 2.26. The Bertz CT molecular complexity index is 120. The average molecular weight is 175 g/mol.